The van der Waals surface area contributed by atoms with Crippen LogP contribution < -0.4 is 10.5 Å². The van der Waals surface area contributed by atoms with Gasteiger partial charge in [-0.3, -0.25) is 0 Å². The zero-order valence-electron chi connectivity index (χ0n) is 9.69. The standard InChI is InChI=1S/C11H18N2O3S/c12-8-10-6-7-11(16-10)17(14,15)13-9-4-2-1-3-5-9/h6-7,9,13H,1-5,8,12H2. The molecule has 0 radical (unpaired) electrons. The summed E-state index contributed by atoms with van der Waals surface area (Å²) < 4.78 is 31.8. The van der Waals surface area contributed by atoms with Crippen molar-refractivity contribution >= 4 is 10.0 Å². The minimum atomic E-state index is -3.52. The van der Waals surface area contributed by atoms with Crippen LogP contribution in [0.2, 0.25) is 0 Å². The highest BCUT2D eigenvalue weighted by Gasteiger charge is 2.24. The van der Waals surface area contributed by atoms with Crippen molar-refractivity contribution in [2.24, 2.45) is 5.73 Å². The van der Waals surface area contributed by atoms with E-state index in [0.29, 0.717) is 5.76 Å². The van der Waals surface area contributed by atoms with Crippen molar-refractivity contribution in [3.8, 4) is 0 Å². The van der Waals surface area contributed by atoms with Crippen LogP contribution in [0.5, 0.6) is 0 Å². The Morgan fingerprint density at radius 2 is 2.00 bits per heavy atom. The smallest absolute Gasteiger partial charge is 0.274 e. The predicted octanol–water partition coefficient (Wildman–Crippen LogP) is 1.35. The second kappa shape index (κ2) is 5.20. The van der Waals surface area contributed by atoms with E-state index in [2.05, 4.69) is 4.72 Å². The summed E-state index contributed by atoms with van der Waals surface area (Å²) in [6, 6.07) is 3.09. The third-order valence-electron chi connectivity index (χ3n) is 3.03. The Morgan fingerprint density at radius 1 is 1.29 bits per heavy atom. The minimum absolute atomic E-state index is 0.0384. The first kappa shape index (κ1) is 12.6. The molecule has 17 heavy (non-hydrogen) atoms. The molecule has 3 N–H and O–H groups in total. The van der Waals surface area contributed by atoms with Gasteiger partial charge in [0.1, 0.15) is 5.76 Å². The van der Waals surface area contributed by atoms with Crippen molar-refractivity contribution in [1.29, 1.82) is 0 Å². The Hall–Kier alpha value is -0.850. The van der Waals surface area contributed by atoms with E-state index >= 15 is 0 Å². The second-order valence-electron chi connectivity index (χ2n) is 4.38. The van der Waals surface area contributed by atoms with E-state index in [4.69, 9.17) is 10.2 Å². The highest BCUT2D eigenvalue weighted by molar-refractivity contribution is 7.89. The Bertz CT molecular complexity index is 461. The topological polar surface area (TPSA) is 85.3 Å². The van der Waals surface area contributed by atoms with Gasteiger partial charge in [-0.2, -0.15) is 0 Å². The summed E-state index contributed by atoms with van der Waals surface area (Å²) in [5.41, 5.74) is 5.38. The number of sulfonamides is 1. The fourth-order valence-corrected chi connectivity index (χ4v) is 3.36. The van der Waals surface area contributed by atoms with Crippen LogP contribution in [0.25, 0.3) is 0 Å². The van der Waals surface area contributed by atoms with Gasteiger partial charge in [-0.25, -0.2) is 13.1 Å². The highest BCUT2D eigenvalue weighted by Crippen LogP contribution is 2.20. The van der Waals surface area contributed by atoms with Gasteiger partial charge in [-0.15, -0.1) is 0 Å². The van der Waals surface area contributed by atoms with Crippen molar-refractivity contribution in [3.05, 3.63) is 17.9 Å². The van der Waals surface area contributed by atoms with Crippen molar-refractivity contribution in [1.82, 2.24) is 4.72 Å². The molecule has 1 aliphatic rings. The van der Waals surface area contributed by atoms with Gasteiger partial charge < -0.3 is 10.2 Å². The average molecular weight is 258 g/mol. The number of furan rings is 1. The van der Waals surface area contributed by atoms with Crippen LogP contribution in [0, 0.1) is 0 Å². The monoisotopic (exact) mass is 258 g/mol. The van der Waals surface area contributed by atoms with E-state index in [9.17, 15) is 8.42 Å². The third kappa shape index (κ3) is 3.08. The van der Waals surface area contributed by atoms with Gasteiger partial charge in [0.25, 0.3) is 10.0 Å². The Labute approximate surface area is 101 Å². The lowest BCUT2D eigenvalue weighted by Gasteiger charge is -2.21. The lowest BCUT2D eigenvalue weighted by molar-refractivity contribution is 0.389. The van der Waals surface area contributed by atoms with E-state index in [0.717, 1.165) is 25.7 Å². The fourth-order valence-electron chi connectivity index (χ4n) is 2.11. The summed E-state index contributed by atoms with van der Waals surface area (Å²) in [6.07, 6.45) is 5.17. The maximum atomic E-state index is 12.0. The fraction of sp³-hybridized carbons (Fsp3) is 0.636. The molecule has 0 atom stereocenters. The van der Waals surface area contributed by atoms with E-state index in [1.807, 2.05) is 0 Å². The predicted molar refractivity (Wildman–Crippen MR) is 63.8 cm³/mol. The molecule has 0 aromatic carbocycles. The molecule has 0 amide bonds. The number of hydrogen-bond acceptors (Lipinski definition) is 4. The number of rotatable bonds is 4. The molecule has 0 bridgehead atoms. The van der Waals surface area contributed by atoms with Gasteiger partial charge in [0.2, 0.25) is 5.09 Å². The maximum Gasteiger partial charge on any atom is 0.274 e. The molecule has 1 aromatic heterocycles. The van der Waals surface area contributed by atoms with Gasteiger partial charge in [0, 0.05) is 6.04 Å². The molecule has 1 heterocycles. The zero-order chi connectivity index (χ0) is 12.3. The molecule has 1 saturated carbocycles. The molecule has 0 aliphatic heterocycles. The first-order chi connectivity index (χ1) is 8.12. The molecule has 5 nitrogen and oxygen atoms in total. The van der Waals surface area contributed by atoms with Gasteiger partial charge in [0.15, 0.2) is 0 Å². The van der Waals surface area contributed by atoms with E-state index in [1.54, 1.807) is 6.07 Å². The largest absolute Gasteiger partial charge is 0.447 e. The van der Waals surface area contributed by atoms with E-state index in [1.165, 1.54) is 12.5 Å². The van der Waals surface area contributed by atoms with Crippen LogP contribution in [0.3, 0.4) is 0 Å². The molecule has 0 saturated heterocycles. The molecular weight excluding hydrogens is 240 g/mol. The summed E-state index contributed by atoms with van der Waals surface area (Å²) in [6.45, 7) is 0.207. The second-order valence-corrected chi connectivity index (χ2v) is 6.03. The number of nitrogens with one attached hydrogen (secondary N) is 1. The Morgan fingerprint density at radius 3 is 2.59 bits per heavy atom. The van der Waals surface area contributed by atoms with Crippen LogP contribution in [0.4, 0.5) is 0 Å². The summed E-state index contributed by atoms with van der Waals surface area (Å²) in [4.78, 5) is 0. The van der Waals surface area contributed by atoms with Crippen LogP contribution in [0.15, 0.2) is 21.6 Å². The van der Waals surface area contributed by atoms with Crippen molar-refractivity contribution < 1.29 is 12.8 Å². The Kier molecular flexibility index (Phi) is 3.86. The molecule has 0 unspecified atom stereocenters. The Balaban J connectivity index is 2.07. The first-order valence-corrected chi connectivity index (χ1v) is 7.41. The first-order valence-electron chi connectivity index (χ1n) is 5.93. The van der Waals surface area contributed by atoms with Crippen molar-refractivity contribution in [3.63, 3.8) is 0 Å². The summed E-state index contributed by atoms with van der Waals surface area (Å²) in [5.74, 6) is 0.481. The summed E-state index contributed by atoms with van der Waals surface area (Å²) >= 11 is 0. The average Bonchev–Trinajstić information content (AvgIpc) is 2.79. The van der Waals surface area contributed by atoms with Crippen LogP contribution >= 0.6 is 0 Å². The molecule has 0 spiro atoms. The SMILES string of the molecule is NCc1ccc(S(=O)(=O)NC2CCCCC2)o1. The number of hydrogen-bond donors (Lipinski definition) is 2. The van der Waals surface area contributed by atoms with E-state index in [-0.39, 0.29) is 17.7 Å². The zero-order valence-corrected chi connectivity index (χ0v) is 10.5. The molecule has 1 fully saturated rings. The maximum absolute atomic E-state index is 12.0. The lowest BCUT2D eigenvalue weighted by Crippen LogP contribution is -2.35. The quantitative estimate of drug-likeness (QED) is 0.853. The molecule has 1 aliphatic carbocycles. The van der Waals surface area contributed by atoms with Crippen LogP contribution in [-0.4, -0.2) is 14.5 Å². The molecule has 1 aromatic rings. The van der Waals surface area contributed by atoms with Crippen LogP contribution in [-0.2, 0) is 16.6 Å². The van der Waals surface area contributed by atoms with Gasteiger partial charge in [0.05, 0.1) is 6.54 Å². The molecule has 2 rings (SSSR count). The minimum Gasteiger partial charge on any atom is -0.447 e. The summed E-state index contributed by atoms with van der Waals surface area (Å²) in [5, 5.41) is -0.0384. The van der Waals surface area contributed by atoms with E-state index < -0.39 is 10.0 Å². The van der Waals surface area contributed by atoms with Crippen molar-refractivity contribution in [2.75, 3.05) is 0 Å². The lowest BCUT2D eigenvalue weighted by atomic mass is 9.96. The summed E-state index contributed by atoms with van der Waals surface area (Å²) in [7, 11) is -3.52. The third-order valence-corrected chi connectivity index (χ3v) is 4.42. The normalized spacial score (nSPS) is 18.4. The molecular formula is C11H18N2O3S. The highest BCUT2D eigenvalue weighted by atomic mass is 32.2. The molecule has 6 heteroatoms. The van der Waals surface area contributed by atoms with Crippen LogP contribution in [0.1, 0.15) is 37.9 Å². The van der Waals surface area contributed by atoms with Gasteiger partial charge in [-0.1, -0.05) is 19.3 Å². The van der Waals surface area contributed by atoms with Crippen molar-refractivity contribution in [2.45, 2.75) is 49.8 Å². The van der Waals surface area contributed by atoms with Gasteiger partial charge in [-0.05, 0) is 25.0 Å². The van der Waals surface area contributed by atoms with Gasteiger partial charge >= 0.3 is 0 Å². The molecule has 96 valence electrons. The number of nitrogens with two attached hydrogens (primary N) is 1.